The Kier molecular flexibility index (Phi) is 7.10. The number of nitrogens with one attached hydrogen (secondary N) is 3. The monoisotopic (exact) mass is 307 g/mol. The minimum atomic E-state index is -0.811. The first-order chi connectivity index (χ1) is 10.6. The molecular formula is C14H17N3O5. The van der Waals surface area contributed by atoms with Gasteiger partial charge in [-0.15, -0.1) is 0 Å². The van der Waals surface area contributed by atoms with Crippen molar-refractivity contribution in [3.05, 3.63) is 29.8 Å². The van der Waals surface area contributed by atoms with Crippen molar-refractivity contribution in [3.8, 4) is 0 Å². The fraction of sp³-hybridized carbons (Fsp3) is 0.286. The number of ether oxygens (including phenoxy) is 1. The Hall–Kier alpha value is -2.90. The van der Waals surface area contributed by atoms with Crippen molar-refractivity contribution >= 4 is 29.9 Å². The van der Waals surface area contributed by atoms with Crippen LogP contribution in [0.2, 0.25) is 0 Å². The van der Waals surface area contributed by atoms with Gasteiger partial charge in [0.15, 0.2) is 0 Å². The van der Waals surface area contributed by atoms with Crippen molar-refractivity contribution in [2.24, 2.45) is 0 Å². The molecule has 0 aliphatic carbocycles. The van der Waals surface area contributed by atoms with E-state index >= 15 is 0 Å². The van der Waals surface area contributed by atoms with Gasteiger partial charge in [0.2, 0.25) is 6.41 Å². The van der Waals surface area contributed by atoms with Crippen molar-refractivity contribution in [3.63, 3.8) is 0 Å². The van der Waals surface area contributed by atoms with Gasteiger partial charge >= 0.3 is 17.8 Å². The van der Waals surface area contributed by atoms with E-state index < -0.39 is 17.8 Å². The highest BCUT2D eigenvalue weighted by molar-refractivity contribution is 6.39. The molecule has 1 aromatic rings. The lowest BCUT2D eigenvalue weighted by molar-refractivity contribution is -0.136. The highest BCUT2D eigenvalue weighted by Crippen LogP contribution is 2.10. The van der Waals surface area contributed by atoms with Crippen LogP contribution in [0, 0.1) is 0 Å². The summed E-state index contributed by atoms with van der Waals surface area (Å²) < 4.78 is 4.55. The Bertz CT molecular complexity index is 542. The van der Waals surface area contributed by atoms with Gasteiger partial charge < -0.3 is 20.7 Å². The van der Waals surface area contributed by atoms with Gasteiger partial charge in [-0.3, -0.25) is 14.4 Å². The molecule has 0 radical (unpaired) electrons. The van der Waals surface area contributed by atoms with E-state index in [0.29, 0.717) is 30.6 Å². The molecule has 0 aliphatic rings. The maximum atomic E-state index is 11.6. The molecule has 0 aliphatic heterocycles. The Balaban J connectivity index is 2.42. The SMILES string of the molecule is COC(=O)c1ccc(NC(=O)C(=O)NCCCNC=O)cc1. The van der Waals surface area contributed by atoms with E-state index in [-0.39, 0.29) is 6.54 Å². The molecule has 0 spiro atoms. The number of carbonyl (C=O) groups is 4. The summed E-state index contributed by atoms with van der Waals surface area (Å²) in [6.07, 6.45) is 1.08. The lowest BCUT2D eigenvalue weighted by Gasteiger charge is -2.07. The highest BCUT2D eigenvalue weighted by Gasteiger charge is 2.13. The van der Waals surface area contributed by atoms with Gasteiger partial charge in [-0.25, -0.2) is 4.79 Å². The summed E-state index contributed by atoms with van der Waals surface area (Å²) in [5, 5.41) is 7.26. The van der Waals surface area contributed by atoms with Crippen molar-refractivity contribution in [2.45, 2.75) is 6.42 Å². The number of hydrogen-bond acceptors (Lipinski definition) is 5. The highest BCUT2D eigenvalue weighted by atomic mass is 16.5. The molecule has 1 aromatic carbocycles. The average molecular weight is 307 g/mol. The predicted octanol–water partition coefficient (Wildman–Crippen LogP) is -0.336. The van der Waals surface area contributed by atoms with Crippen LogP contribution >= 0.6 is 0 Å². The summed E-state index contributed by atoms with van der Waals surface area (Å²) in [5.41, 5.74) is 0.725. The maximum absolute atomic E-state index is 11.6. The molecule has 0 saturated heterocycles. The molecule has 8 heteroatoms. The number of hydrogen-bond donors (Lipinski definition) is 3. The van der Waals surface area contributed by atoms with Gasteiger partial charge in [-0.1, -0.05) is 0 Å². The first-order valence-corrected chi connectivity index (χ1v) is 6.53. The second-order valence-electron chi connectivity index (χ2n) is 4.20. The number of anilines is 1. The van der Waals surface area contributed by atoms with Crippen molar-refractivity contribution in [1.82, 2.24) is 10.6 Å². The number of methoxy groups -OCH3 is 1. The van der Waals surface area contributed by atoms with Gasteiger partial charge in [0.05, 0.1) is 12.7 Å². The summed E-state index contributed by atoms with van der Waals surface area (Å²) in [7, 11) is 1.27. The number of rotatable bonds is 7. The molecule has 0 atom stereocenters. The smallest absolute Gasteiger partial charge is 0.337 e. The summed E-state index contributed by atoms with van der Waals surface area (Å²) in [6.45, 7) is 0.689. The fourth-order valence-corrected chi connectivity index (χ4v) is 1.53. The van der Waals surface area contributed by atoms with Crippen molar-refractivity contribution in [1.29, 1.82) is 0 Å². The van der Waals surface area contributed by atoms with Crippen LogP contribution in [-0.2, 0) is 19.1 Å². The molecule has 0 fully saturated rings. The molecule has 3 amide bonds. The third-order valence-electron chi connectivity index (χ3n) is 2.64. The van der Waals surface area contributed by atoms with Gasteiger partial charge in [-0.2, -0.15) is 0 Å². The molecule has 0 saturated carbocycles. The van der Waals surface area contributed by atoms with Gasteiger partial charge in [0.1, 0.15) is 0 Å². The van der Waals surface area contributed by atoms with E-state index in [2.05, 4.69) is 20.7 Å². The van der Waals surface area contributed by atoms with Crippen molar-refractivity contribution in [2.75, 3.05) is 25.5 Å². The second kappa shape index (κ2) is 9.11. The first kappa shape index (κ1) is 17.2. The molecule has 0 unspecified atom stereocenters. The van der Waals surface area contributed by atoms with Crippen molar-refractivity contribution < 1.29 is 23.9 Å². The van der Waals surface area contributed by atoms with E-state index in [4.69, 9.17) is 0 Å². The lowest BCUT2D eigenvalue weighted by atomic mass is 10.2. The van der Waals surface area contributed by atoms with Crippen LogP contribution in [0.25, 0.3) is 0 Å². The van der Waals surface area contributed by atoms with Crippen LogP contribution in [0.4, 0.5) is 5.69 Å². The van der Waals surface area contributed by atoms with E-state index in [0.717, 1.165) is 0 Å². The standard InChI is InChI=1S/C14H17N3O5/c1-22-14(21)10-3-5-11(6-4-10)17-13(20)12(19)16-8-2-7-15-9-18/h3-6,9H,2,7-8H2,1H3,(H,15,18)(H,16,19)(H,17,20). The zero-order chi connectivity index (χ0) is 16.4. The van der Waals surface area contributed by atoms with Crippen LogP contribution in [-0.4, -0.2) is 44.4 Å². The Morgan fingerprint density at radius 2 is 1.77 bits per heavy atom. The van der Waals surface area contributed by atoms with Crippen LogP contribution in [0.1, 0.15) is 16.8 Å². The van der Waals surface area contributed by atoms with E-state index in [1.54, 1.807) is 0 Å². The van der Waals surface area contributed by atoms with Gasteiger partial charge in [0.25, 0.3) is 0 Å². The first-order valence-electron chi connectivity index (χ1n) is 6.53. The van der Waals surface area contributed by atoms with E-state index in [9.17, 15) is 19.2 Å². The Labute approximate surface area is 127 Å². The molecule has 1 rings (SSSR count). The maximum Gasteiger partial charge on any atom is 0.337 e. The van der Waals surface area contributed by atoms with Crippen LogP contribution in [0.15, 0.2) is 24.3 Å². The quantitative estimate of drug-likeness (QED) is 0.276. The normalized spacial score (nSPS) is 9.50. The molecule has 8 nitrogen and oxygen atoms in total. The minimum Gasteiger partial charge on any atom is -0.465 e. The topological polar surface area (TPSA) is 114 Å². The van der Waals surface area contributed by atoms with Gasteiger partial charge in [-0.05, 0) is 30.7 Å². The van der Waals surface area contributed by atoms with Crippen LogP contribution in [0.5, 0.6) is 0 Å². The summed E-state index contributed by atoms with van der Waals surface area (Å²) in [5.74, 6) is -2.07. The molecule has 118 valence electrons. The summed E-state index contributed by atoms with van der Waals surface area (Å²) in [4.78, 5) is 44.4. The number of esters is 1. The van der Waals surface area contributed by atoms with E-state index in [1.165, 1.54) is 31.4 Å². The molecule has 0 bridgehead atoms. The number of amides is 3. The molecule has 3 N–H and O–H groups in total. The van der Waals surface area contributed by atoms with E-state index in [1.807, 2.05) is 0 Å². The third-order valence-corrected chi connectivity index (χ3v) is 2.64. The Morgan fingerprint density at radius 3 is 2.36 bits per heavy atom. The molecule has 22 heavy (non-hydrogen) atoms. The number of carbonyl (C=O) groups excluding carboxylic acids is 4. The Morgan fingerprint density at radius 1 is 1.09 bits per heavy atom. The zero-order valence-corrected chi connectivity index (χ0v) is 12.0. The lowest BCUT2D eigenvalue weighted by Crippen LogP contribution is -2.36. The molecule has 0 aromatic heterocycles. The predicted molar refractivity (Wildman–Crippen MR) is 78.1 cm³/mol. The van der Waals surface area contributed by atoms with Gasteiger partial charge in [0, 0.05) is 18.8 Å². The van der Waals surface area contributed by atoms with Crippen LogP contribution in [0.3, 0.4) is 0 Å². The minimum absolute atomic E-state index is 0.272. The summed E-state index contributed by atoms with van der Waals surface area (Å²) in [6, 6.07) is 5.94. The molecule has 0 heterocycles. The fourth-order valence-electron chi connectivity index (χ4n) is 1.53. The largest absolute Gasteiger partial charge is 0.465 e. The van der Waals surface area contributed by atoms with Crippen LogP contribution < -0.4 is 16.0 Å². The average Bonchev–Trinajstić information content (AvgIpc) is 2.54. The third kappa shape index (κ3) is 5.61. The summed E-state index contributed by atoms with van der Waals surface area (Å²) >= 11 is 0. The molecular weight excluding hydrogens is 290 g/mol. The number of benzene rings is 1. The second-order valence-corrected chi connectivity index (χ2v) is 4.20. The zero-order valence-electron chi connectivity index (χ0n) is 12.0.